The number of nitrogens with one attached hydrogen (secondary N) is 2. The molecule has 0 aliphatic heterocycles. The van der Waals surface area contributed by atoms with Gasteiger partial charge < -0.3 is 4.98 Å². The summed E-state index contributed by atoms with van der Waals surface area (Å²) in [6.45, 7) is 0. The molecule has 0 radical (unpaired) electrons. The van der Waals surface area contributed by atoms with Gasteiger partial charge in [-0.25, -0.2) is 9.38 Å². The van der Waals surface area contributed by atoms with Crippen LogP contribution in [0.1, 0.15) is 0 Å². The Kier molecular flexibility index (Phi) is 3.82. The Morgan fingerprint density at radius 1 is 1.53 bits per heavy atom. The molecule has 0 saturated carbocycles. The average Bonchev–Trinajstić information content (AvgIpc) is 2.42. The van der Waals surface area contributed by atoms with Crippen molar-refractivity contribution in [3.63, 3.8) is 0 Å². The van der Waals surface area contributed by atoms with Crippen molar-refractivity contribution in [2.24, 2.45) is 4.99 Å². The SMILES string of the molecule is CSC(=Nc1ccc2c(F)c[nH]c(=O)c2c1)NC#N. The van der Waals surface area contributed by atoms with E-state index < -0.39 is 5.82 Å². The number of nitrogens with zero attached hydrogens (tertiary/aromatic N) is 2. The Morgan fingerprint density at radius 3 is 3.00 bits per heavy atom. The standard InChI is InChI=1S/C12H9FN4OS/c1-19-12(16-6-14)17-7-2-3-8-9(4-7)11(18)15-5-10(8)13/h2-5H,1H3,(H,15,18)(H,16,17). The van der Waals surface area contributed by atoms with Crippen LogP contribution in [0.2, 0.25) is 0 Å². The number of rotatable bonds is 1. The number of aliphatic imine (C=N–C) groups is 1. The molecule has 0 spiro atoms. The summed E-state index contributed by atoms with van der Waals surface area (Å²) in [6, 6.07) is 4.55. The van der Waals surface area contributed by atoms with Gasteiger partial charge in [-0.2, -0.15) is 5.26 Å². The predicted molar refractivity (Wildman–Crippen MR) is 73.9 cm³/mol. The van der Waals surface area contributed by atoms with Crippen molar-refractivity contribution in [2.75, 3.05) is 6.26 Å². The van der Waals surface area contributed by atoms with Crippen LogP contribution in [0.25, 0.3) is 10.8 Å². The van der Waals surface area contributed by atoms with E-state index in [1.165, 1.54) is 23.9 Å². The largest absolute Gasteiger partial charge is 0.326 e. The molecule has 0 aliphatic carbocycles. The number of hydrogen-bond acceptors (Lipinski definition) is 4. The van der Waals surface area contributed by atoms with Crippen LogP contribution in [0.3, 0.4) is 0 Å². The molecule has 0 bridgehead atoms. The molecule has 0 amide bonds. The second kappa shape index (κ2) is 5.54. The molecule has 2 N–H and O–H groups in total. The lowest BCUT2D eigenvalue weighted by atomic mass is 10.1. The van der Waals surface area contributed by atoms with Gasteiger partial charge in [0.15, 0.2) is 11.4 Å². The zero-order valence-corrected chi connectivity index (χ0v) is 10.7. The van der Waals surface area contributed by atoms with Crippen molar-refractivity contribution < 1.29 is 4.39 Å². The molecule has 96 valence electrons. The fraction of sp³-hybridized carbons (Fsp3) is 0.0833. The molecule has 0 aliphatic rings. The van der Waals surface area contributed by atoms with Gasteiger partial charge >= 0.3 is 0 Å². The molecule has 0 fully saturated rings. The zero-order chi connectivity index (χ0) is 13.8. The Balaban J connectivity index is 2.57. The minimum atomic E-state index is -0.495. The first-order valence-corrected chi connectivity index (χ1v) is 6.47. The third-order valence-electron chi connectivity index (χ3n) is 2.42. The quantitative estimate of drug-likeness (QED) is 0.362. The highest BCUT2D eigenvalue weighted by Crippen LogP contribution is 2.21. The second-order valence-corrected chi connectivity index (χ2v) is 4.35. The maximum absolute atomic E-state index is 13.5. The zero-order valence-electron chi connectivity index (χ0n) is 9.90. The van der Waals surface area contributed by atoms with E-state index >= 15 is 0 Å². The number of H-pyrrole nitrogens is 1. The van der Waals surface area contributed by atoms with Crippen molar-refractivity contribution in [1.29, 1.82) is 5.26 Å². The number of aromatic amines is 1. The predicted octanol–water partition coefficient (Wildman–Crippen LogP) is 2.09. The van der Waals surface area contributed by atoms with E-state index in [-0.39, 0.29) is 16.3 Å². The van der Waals surface area contributed by atoms with Gasteiger partial charge in [0.2, 0.25) is 0 Å². The fourth-order valence-corrected chi connectivity index (χ4v) is 1.92. The summed E-state index contributed by atoms with van der Waals surface area (Å²) >= 11 is 1.26. The first-order chi connectivity index (χ1) is 9.15. The Labute approximate surface area is 112 Å². The highest BCUT2D eigenvalue weighted by atomic mass is 32.2. The van der Waals surface area contributed by atoms with Gasteiger partial charge in [0.05, 0.1) is 11.1 Å². The highest BCUT2D eigenvalue weighted by Gasteiger charge is 2.05. The Bertz CT molecular complexity index is 747. The summed E-state index contributed by atoms with van der Waals surface area (Å²) < 4.78 is 13.5. The van der Waals surface area contributed by atoms with Crippen LogP contribution >= 0.6 is 11.8 Å². The maximum atomic E-state index is 13.5. The van der Waals surface area contributed by atoms with Gasteiger partial charge in [0.1, 0.15) is 5.82 Å². The summed E-state index contributed by atoms with van der Waals surface area (Å²) in [6.07, 6.45) is 4.55. The highest BCUT2D eigenvalue weighted by molar-refractivity contribution is 8.13. The first-order valence-electron chi connectivity index (χ1n) is 5.24. The van der Waals surface area contributed by atoms with Crippen molar-refractivity contribution >= 4 is 33.4 Å². The van der Waals surface area contributed by atoms with Crippen LogP contribution in [0.5, 0.6) is 0 Å². The van der Waals surface area contributed by atoms with Crippen LogP contribution in [-0.2, 0) is 0 Å². The van der Waals surface area contributed by atoms with Gasteiger partial charge in [-0.15, -0.1) is 0 Å². The van der Waals surface area contributed by atoms with Crippen molar-refractivity contribution in [1.82, 2.24) is 10.3 Å². The van der Waals surface area contributed by atoms with E-state index in [1.807, 2.05) is 0 Å². The summed E-state index contributed by atoms with van der Waals surface area (Å²) in [5, 5.41) is 11.8. The third-order valence-corrected chi connectivity index (χ3v) is 3.00. The summed E-state index contributed by atoms with van der Waals surface area (Å²) in [7, 11) is 0. The normalized spacial score (nSPS) is 11.3. The number of fused-ring (bicyclic) bond motifs is 1. The van der Waals surface area contributed by atoms with Gasteiger partial charge in [-0.05, 0) is 24.5 Å². The molecule has 0 saturated heterocycles. The number of thioether (sulfide) groups is 1. The molecular formula is C12H9FN4OS. The van der Waals surface area contributed by atoms with Crippen LogP contribution in [0.15, 0.2) is 34.2 Å². The smallest absolute Gasteiger partial charge is 0.256 e. The molecular weight excluding hydrogens is 267 g/mol. The number of amidine groups is 1. The summed E-state index contributed by atoms with van der Waals surface area (Å²) in [4.78, 5) is 18.1. The van der Waals surface area contributed by atoms with Gasteiger partial charge in [-0.3, -0.25) is 10.1 Å². The summed E-state index contributed by atoms with van der Waals surface area (Å²) in [5.74, 6) is -0.495. The van der Waals surface area contributed by atoms with E-state index in [0.29, 0.717) is 10.9 Å². The molecule has 2 aromatic rings. The Hall–Kier alpha value is -2.33. The van der Waals surface area contributed by atoms with E-state index in [0.717, 1.165) is 6.20 Å². The topological polar surface area (TPSA) is 81.0 Å². The molecule has 0 atom stereocenters. The lowest BCUT2D eigenvalue weighted by Gasteiger charge is -2.02. The third kappa shape index (κ3) is 2.74. The van der Waals surface area contributed by atoms with Crippen LogP contribution in [0, 0.1) is 17.3 Å². The second-order valence-electron chi connectivity index (χ2n) is 3.55. The van der Waals surface area contributed by atoms with Crippen LogP contribution in [0.4, 0.5) is 10.1 Å². The maximum Gasteiger partial charge on any atom is 0.256 e. The number of pyridine rings is 1. The molecule has 1 heterocycles. The lowest BCUT2D eigenvalue weighted by molar-refractivity contribution is 0.633. The van der Waals surface area contributed by atoms with Gasteiger partial charge in [0.25, 0.3) is 5.56 Å². The molecule has 2 rings (SSSR count). The molecule has 1 aromatic heterocycles. The Morgan fingerprint density at radius 2 is 2.32 bits per heavy atom. The van der Waals surface area contributed by atoms with Crippen molar-refractivity contribution in [2.45, 2.75) is 0 Å². The van der Waals surface area contributed by atoms with Crippen molar-refractivity contribution in [3.8, 4) is 6.19 Å². The van der Waals surface area contributed by atoms with Gasteiger partial charge in [0, 0.05) is 11.6 Å². The molecule has 7 heteroatoms. The molecule has 19 heavy (non-hydrogen) atoms. The minimum Gasteiger partial charge on any atom is -0.326 e. The van der Waals surface area contributed by atoms with E-state index in [1.54, 1.807) is 18.5 Å². The number of hydrogen-bond donors (Lipinski definition) is 2. The lowest BCUT2D eigenvalue weighted by Crippen LogP contribution is -2.12. The van der Waals surface area contributed by atoms with Gasteiger partial charge in [-0.1, -0.05) is 11.8 Å². The summed E-state index contributed by atoms with van der Waals surface area (Å²) in [5.41, 5.74) is 0.0862. The first kappa shape index (κ1) is 13.1. The van der Waals surface area contributed by atoms with E-state index in [9.17, 15) is 9.18 Å². The fourth-order valence-electron chi connectivity index (χ4n) is 1.57. The van der Waals surface area contributed by atoms with Crippen LogP contribution < -0.4 is 10.9 Å². The number of nitriles is 1. The van der Waals surface area contributed by atoms with Crippen molar-refractivity contribution in [3.05, 3.63) is 40.6 Å². The average molecular weight is 276 g/mol. The minimum absolute atomic E-state index is 0.221. The van der Waals surface area contributed by atoms with E-state index in [4.69, 9.17) is 5.26 Å². The molecule has 1 aromatic carbocycles. The monoisotopic (exact) mass is 276 g/mol. The van der Waals surface area contributed by atoms with Crippen LogP contribution in [-0.4, -0.2) is 16.4 Å². The molecule has 0 unspecified atom stereocenters. The molecule has 5 nitrogen and oxygen atoms in total. The number of halogens is 1. The number of benzene rings is 1. The number of aromatic nitrogens is 1. The van der Waals surface area contributed by atoms with E-state index in [2.05, 4.69) is 15.3 Å².